The normalized spacial score (nSPS) is 17.2. The second-order valence-electron chi connectivity index (χ2n) is 4.54. The maximum absolute atomic E-state index is 10.9. The number of carboxylic acid groups (broad SMARTS) is 1. The SMILES string of the molecule is CCC(=CCN(CCCO)C1CCC1)C(=O)O. The minimum atomic E-state index is -0.816. The van der Waals surface area contributed by atoms with E-state index in [0.29, 0.717) is 24.6 Å². The number of carboxylic acids is 1. The smallest absolute Gasteiger partial charge is 0.331 e. The van der Waals surface area contributed by atoms with Gasteiger partial charge in [-0.2, -0.15) is 0 Å². The molecule has 0 aromatic carbocycles. The van der Waals surface area contributed by atoms with Gasteiger partial charge >= 0.3 is 5.97 Å². The van der Waals surface area contributed by atoms with Gasteiger partial charge in [0, 0.05) is 31.3 Å². The fourth-order valence-electron chi connectivity index (χ4n) is 2.06. The molecule has 0 aromatic heterocycles. The van der Waals surface area contributed by atoms with Crippen LogP contribution in [-0.2, 0) is 4.79 Å². The van der Waals surface area contributed by atoms with Gasteiger partial charge in [-0.15, -0.1) is 0 Å². The molecule has 1 saturated carbocycles. The first kappa shape index (κ1) is 14.2. The van der Waals surface area contributed by atoms with E-state index in [0.717, 1.165) is 13.0 Å². The standard InChI is InChI=1S/C13H23NO3/c1-2-11(13(16)17)7-9-14(8-4-10-15)12-5-3-6-12/h7,12,15H,2-6,8-10H2,1H3,(H,16,17). The predicted octanol–water partition coefficient (Wildman–Crippen LogP) is 1.64. The van der Waals surface area contributed by atoms with Crippen LogP contribution in [0.5, 0.6) is 0 Å². The second kappa shape index (κ2) is 7.45. The Morgan fingerprint density at radius 3 is 2.59 bits per heavy atom. The lowest BCUT2D eigenvalue weighted by molar-refractivity contribution is -0.132. The van der Waals surface area contributed by atoms with Gasteiger partial charge in [0.1, 0.15) is 0 Å². The number of rotatable bonds is 8. The average Bonchev–Trinajstić information content (AvgIpc) is 2.23. The third-order valence-corrected chi connectivity index (χ3v) is 3.42. The Labute approximate surface area is 103 Å². The highest BCUT2D eigenvalue weighted by atomic mass is 16.4. The molecule has 1 rings (SSSR count). The largest absolute Gasteiger partial charge is 0.478 e. The monoisotopic (exact) mass is 241 g/mol. The molecule has 0 atom stereocenters. The van der Waals surface area contributed by atoms with Crippen LogP contribution in [-0.4, -0.2) is 46.8 Å². The Bertz CT molecular complexity index is 272. The summed E-state index contributed by atoms with van der Waals surface area (Å²) in [5.41, 5.74) is 0.485. The molecule has 98 valence electrons. The molecule has 2 N–H and O–H groups in total. The summed E-state index contributed by atoms with van der Waals surface area (Å²) >= 11 is 0. The van der Waals surface area contributed by atoms with Crippen LogP contribution >= 0.6 is 0 Å². The third kappa shape index (κ3) is 4.48. The first-order valence-electron chi connectivity index (χ1n) is 6.46. The number of aliphatic hydroxyl groups is 1. The van der Waals surface area contributed by atoms with E-state index in [4.69, 9.17) is 10.2 Å². The van der Waals surface area contributed by atoms with Gasteiger partial charge in [-0.25, -0.2) is 4.79 Å². The molecule has 0 unspecified atom stereocenters. The van der Waals surface area contributed by atoms with Crippen LogP contribution in [0, 0.1) is 0 Å². The Morgan fingerprint density at radius 1 is 1.47 bits per heavy atom. The van der Waals surface area contributed by atoms with E-state index < -0.39 is 5.97 Å². The highest BCUT2D eigenvalue weighted by Crippen LogP contribution is 2.24. The zero-order valence-corrected chi connectivity index (χ0v) is 10.6. The summed E-state index contributed by atoms with van der Waals surface area (Å²) in [4.78, 5) is 13.2. The van der Waals surface area contributed by atoms with E-state index in [1.165, 1.54) is 19.3 Å². The van der Waals surface area contributed by atoms with Crippen LogP contribution in [0.2, 0.25) is 0 Å². The number of hydrogen-bond donors (Lipinski definition) is 2. The lowest BCUT2D eigenvalue weighted by Crippen LogP contribution is -2.41. The fourth-order valence-corrected chi connectivity index (χ4v) is 2.06. The molecule has 17 heavy (non-hydrogen) atoms. The zero-order chi connectivity index (χ0) is 12.7. The summed E-state index contributed by atoms with van der Waals surface area (Å²) in [6, 6.07) is 0.588. The molecule has 1 fully saturated rings. The van der Waals surface area contributed by atoms with Crippen molar-refractivity contribution in [2.45, 2.75) is 45.1 Å². The molecule has 4 heteroatoms. The van der Waals surface area contributed by atoms with Crippen molar-refractivity contribution in [3.63, 3.8) is 0 Å². The molecule has 0 heterocycles. The number of nitrogens with zero attached hydrogens (tertiary/aromatic N) is 1. The predicted molar refractivity (Wildman–Crippen MR) is 66.9 cm³/mol. The maximum Gasteiger partial charge on any atom is 0.331 e. The van der Waals surface area contributed by atoms with Crippen molar-refractivity contribution in [2.75, 3.05) is 19.7 Å². The van der Waals surface area contributed by atoms with Gasteiger partial charge in [-0.05, 0) is 25.7 Å². The van der Waals surface area contributed by atoms with Crippen molar-refractivity contribution < 1.29 is 15.0 Å². The maximum atomic E-state index is 10.9. The quantitative estimate of drug-likeness (QED) is 0.634. The summed E-state index contributed by atoms with van der Waals surface area (Å²) in [5.74, 6) is -0.816. The summed E-state index contributed by atoms with van der Waals surface area (Å²) in [6.45, 7) is 3.61. The Morgan fingerprint density at radius 2 is 2.18 bits per heavy atom. The zero-order valence-electron chi connectivity index (χ0n) is 10.6. The van der Waals surface area contributed by atoms with E-state index in [1.54, 1.807) is 0 Å². The molecule has 0 saturated heterocycles. The van der Waals surface area contributed by atoms with Crippen molar-refractivity contribution in [3.05, 3.63) is 11.6 Å². The van der Waals surface area contributed by atoms with Gasteiger partial charge in [0.2, 0.25) is 0 Å². The van der Waals surface area contributed by atoms with Crippen molar-refractivity contribution in [3.8, 4) is 0 Å². The summed E-state index contributed by atoms with van der Waals surface area (Å²) < 4.78 is 0. The Kier molecular flexibility index (Phi) is 6.22. The lowest BCUT2D eigenvalue weighted by atomic mass is 9.91. The number of aliphatic carboxylic acids is 1. The molecule has 0 aliphatic heterocycles. The number of aliphatic hydroxyl groups excluding tert-OH is 1. The first-order valence-corrected chi connectivity index (χ1v) is 6.46. The van der Waals surface area contributed by atoms with E-state index >= 15 is 0 Å². The van der Waals surface area contributed by atoms with Crippen LogP contribution in [0.25, 0.3) is 0 Å². The molecular formula is C13H23NO3. The summed E-state index contributed by atoms with van der Waals surface area (Å²) in [7, 11) is 0. The molecule has 4 nitrogen and oxygen atoms in total. The van der Waals surface area contributed by atoms with Gasteiger partial charge < -0.3 is 10.2 Å². The van der Waals surface area contributed by atoms with Crippen molar-refractivity contribution in [2.24, 2.45) is 0 Å². The van der Waals surface area contributed by atoms with Crippen molar-refractivity contribution in [1.82, 2.24) is 4.90 Å². The van der Waals surface area contributed by atoms with Crippen LogP contribution in [0.4, 0.5) is 0 Å². The second-order valence-corrected chi connectivity index (χ2v) is 4.54. The van der Waals surface area contributed by atoms with Crippen LogP contribution in [0.1, 0.15) is 39.0 Å². The number of carbonyl (C=O) groups is 1. The average molecular weight is 241 g/mol. The van der Waals surface area contributed by atoms with Gasteiger partial charge in [0.25, 0.3) is 0 Å². The van der Waals surface area contributed by atoms with Gasteiger partial charge in [0.15, 0.2) is 0 Å². The van der Waals surface area contributed by atoms with E-state index in [1.807, 2.05) is 13.0 Å². The fraction of sp³-hybridized carbons (Fsp3) is 0.769. The first-order chi connectivity index (χ1) is 8.19. The molecule has 0 radical (unpaired) electrons. The van der Waals surface area contributed by atoms with Crippen molar-refractivity contribution in [1.29, 1.82) is 0 Å². The number of hydrogen-bond acceptors (Lipinski definition) is 3. The highest BCUT2D eigenvalue weighted by Gasteiger charge is 2.23. The Hall–Kier alpha value is -0.870. The minimum Gasteiger partial charge on any atom is -0.478 e. The van der Waals surface area contributed by atoms with Crippen molar-refractivity contribution >= 4 is 5.97 Å². The van der Waals surface area contributed by atoms with Gasteiger partial charge in [0.05, 0.1) is 0 Å². The van der Waals surface area contributed by atoms with Crippen LogP contribution in [0.15, 0.2) is 11.6 Å². The van der Waals surface area contributed by atoms with E-state index in [2.05, 4.69) is 4.90 Å². The molecule has 0 aromatic rings. The molecular weight excluding hydrogens is 218 g/mol. The topological polar surface area (TPSA) is 60.8 Å². The van der Waals surface area contributed by atoms with Crippen LogP contribution < -0.4 is 0 Å². The molecule has 0 bridgehead atoms. The van der Waals surface area contributed by atoms with Crippen LogP contribution in [0.3, 0.4) is 0 Å². The summed E-state index contributed by atoms with van der Waals surface area (Å²) in [6.07, 6.45) is 6.82. The Balaban J connectivity index is 2.49. The third-order valence-electron chi connectivity index (χ3n) is 3.42. The summed E-state index contributed by atoms with van der Waals surface area (Å²) in [5, 5.41) is 17.8. The molecule has 0 amide bonds. The lowest BCUT2D eigenvalue weighted by Gasteiger charge is -2.37. The van der Waals surface area contributed by atoms with E-state index in [-0.39, 0.29) is 6.61 Å². The molecule has 1 aliphatic carbocycles. The minimum absolute atomic E-state index is 0.201. The molecule has 0 spiro atoms. The van der Waals surface area contributed by atoms with E-state index in [9.17, 15) is 4.79 Å². The highest BCUT2D eigenvalue weighted by molar-refractivity contribution is 5.86. The molecule has 1 aliphatic rings. The van der Waals surface area contributed by atoms with Gasteiger partial charge in [-0.1, -0.05) is 19.4 Å². The van der Waals surface area contributed by atoms with Gasteiger partial charge in [-0.3, -0.25) is 4.90 Å².